The smallest absolute Gasteiger partial charge is 0.234 e. The highest BCUT2D eigenvalue weighted by molar-refractivity contribution is 5.87. The second-order valence-electron chi connectivity index (χ2n) is 7.00. The molecule has 0 radical (unpaired) electrons. The van der Waals surface area contributed by atoms with Crippen LogP contribution in [0.2, 0.25) is 0 Å². The molecule has 0 aromatic heterocycles. The maximum absolute atomic E-state index is 13.8. The highest BCUT2D eigenvalue weighted by atomic mass is 19.1. The minimum Gasteiger partial charge on any atom is -0.494 e. The Balaban J connectivity index is 1.60. The molecule has 0 spiro atoms. The second kappa shape index (κ2) is 8.85. The third-order valence-corrected chi connectivity index (χ3v) is 4.75. The summed E-state index contributed by atoms with van der Waals surface area (Å²) in [5.74, 6) is -0.257. The fraction of sp³-hybridized carbons (Fsp3) is 0.261. The molecule has 28 heavy (non-hydrogen) atoms. The van der Waals surface area contributed by atoms with Crippen LogP contribution in [-0.4, -0.2) is 31.5 Å². The van der Waals surface area contributed by atoms with Gasteiger partial charge in [0, 0.05) is 6.54 Å². The Morgan fingerprint density at radius 2 is 1.89 bits per heavy atom. The summed E-state index contributed by atoms with van der Waals surface area (Å²) in [6, 6.07) is 19.0. The number of amides is 1. The highest BCUT2D eigenvalue weighted by Crippen LogP contribution is 2.24. The Hall–Kier alpha value is -2.92. The van der Waals surface area contributed by atoms with Gasteiger partial charge in [-0.05, 0) is 48.0 Å². The van der Waals surface area contributed by atoms with Gasteiger partial charge >= 0.3 is 0 Å². The molecular formula is C23H25FN2O2. The molecule has 0 aliphatic rings. The maximum Gasteiger partial charge on any atom is 0.234 e. The SMILES string of the molecule is COc1ccc(CN(C)CC(=O)N[C@@H](C)c2cccc3ccccc23)cc1F. The van der Waals surface area contributed by atoms with Crippen LogP contribution in [0.4, 0.5) is 4.39 Å². The Kier molecular flexibility index (Phi) is 6.26. The van der Waals surface area contributed by atoms with E-state index in [1.807, 2.05) is 43.1 Å². The fourth-order valence-corrected chi connectivity index (χ4v) is 3.41. The number of ether oxygens (including phenoxy) is 1. The number of methoxy groups -OCH3 is 1. The van der Waals surface area contributed by atoms with Gasteiger partial charge in [-0.25, -0.2) is 4.39 Å². The van der Waals surface area contributed by atoms with E-state index in [4.69, 9.17) is 4.74 Å². The molecular weight excluding hydrogens is 355 g/mol. The van der Waals surface area contributed by atoms with Crippen molar-refractivity contribution >= 4 is 16.7 Å². The van der Waals surface area contributed by atoms with Crippen molar-refractivity contribution in [2.24, 2.45) is 0 Å². The van der Waals surface area contributed by atoms with Crippen LogP contribution >= 0.6 is 0 Å². The van der Waals surface area contributed by atoms with Gasteiger partial charge in [0.2, 0.25) is 5.91 Å². The number of benzene rings is 3. The van der Waals surface area contributed by atoms with Crippen LogP contribution in [-0.2, 0) is 11.3 Å². The Bertz CT molecular complexity index is 968. The van der Waals surface area contributed by atoms with Crippen molar-refractivity contribution in [2.75, 3.05) is 20.7 Å². The first-order chi connectivity index (χ1) is 13.5. The molecule has 1 atom stereocenters. The average Bonchev–Trinajstić information content (AvgIpc) is 2.67. The van der Waals surface area contributed by atoms with Gasteiger partial charge in [0.1, 0.15) is 0 Å². The third kappa shape index (κ3) is 4.67. The first-order valence-corrected chi connectivity index (χ1v) is 9.26. The van der Waals surface area contributed by atoms with Crippen molar-refractivity contribution in [3.8, 4) is 5.75 Å². The molecule has 0 aliphatic carbocycles. The lowest BCUT2D eigenvalue weighted by Gasteiger charge is -2.20. The summed E-state index contributed by atoms with van der Waals surface area (Å²) in [6.45, 7) is 2.68. The van der Waals surface area contributed by atoms with Gasteiger partial charge < -0.3 is 10.1 Å². The number of carbonyl (C=O) groups excluding carboxylic acids is 1. The van der Waals surface area contributed by atoms with Gasteiger partial charge in [-0.2, -0.15) is 0 Å². The largest absolute Gasteiger partial charge is 0.494 e. The number of halogens is 1. The fourth-order valence-electron chi connectivity index (χ4n) is 3.41. The molecule has 0 saturated carbocycles. The maximum atomic E-state index is 13.8. The van der Waals surface area contributed by atoms with Crippen LogP contribution in [0.25, 0.3) is 10.8 Å². The van der Waals surface area contributed by atoms with E-state index in [9.17, 15) is 9.18 Å². The molecule has 3 rings (SSSR count). The number of nitrogens with one attached hydrogen (secondary N) is 1. The summed E-state index contributed by atoms with van der Waals surface area (Å²) in [6.07, 6.45) is 0. The minimum atomic E-state index is -0.401. The van der Waals surface area contributed by atoms with Gasteiger partial charge in [-0.3, -0.25) is 9.69 Å². The molecule has 1 N–H and O–H groups in total. The molecule has 5 heteroatoms. The number of carbonyl (C=O) groups is 1. The standard InChI is InChI=1S/C23H25FN2O2/c1-16(19-10-6-8-18-7-4-5-9-20(18)19)25-23(27)15-26(2)14-17-11-12-22(28-3)21(24)13-17/h4-13,16H,14-15H2,1-3H3,(H,25,27)/t16-/m0/s1. The van der Waals surface area contributed by atoms with Gasteiger partial charge in [-0.1, -0.05) is 48.5 Å². The molecule has 0 bridgehead atoms. The molecule has 3 aromatic carbocycles. The lowest BCUT2D eigenvalue weighted by atomic mass is 10.00. The van der Waals surface area contributed by atoms with E-state index in [-0.39, 0.29) is 24.2 Å². The lowest BCUT2D eigenvalue weighted by molar-refractivity contribution is -0.122. The Morgan fingerprint density at radius 1 is 1.14 bits per heavy atom. The summed E-state index contributed by atoms with van der Waals surface area (Å²) < 4.78 is 18.8. The number of rotatable bonds is 7. The molecule has 146 valence electrons. The predicted molar refractivity (Wildman–Crippen MR) is 110 cm³/mol. The second-order valence-corrected chi connectivity index (χ2v) is 7.00. The summed E-state index contributed by atoms with van der Waals surface area (Å²) >= 11 is 0. The highest BCUT2D eigenvalue weighted by Gasteiger charge is 2.14. The average molecular weight is 380 g/mol. The van der Waals surface area contributed by atoms with Crippen LogP contribution in [0.5, 0.6) is 5.75 Å². The molecule has 0 fully saturated rings. The zero-order chi connectivity index (χ0) is 20.1. The number of hydrogen-bond donors (Lipinski definition) is 1. The van der Waals surface area contributed by atoms with Crippen LogP contribution in [0.15, 0.2) is 60.7 Å². The lowest BCUT2D eigenvalue weighted by Crippen LogP contribution is -2.36. The predicted octanol–water partition coefficient (Wildman–Crippen LogP) is 4.30. The molecule has 0 aliphatic heterocycles. The van der Waals surface area contributed by atoms with E-state index in [0.29, 0.717) is 6.54 Å². The van der Waals surface area contributed by atoms with E-state index in [2.05, 4.69) is 23.5 Å². The zero-order valence-corrected chi connectivity index (χ0v) is 16.4. The van der Waals surface area contributed by atoms with Crippen molar-refractivity contribution in [1.29, 1.82) is 0 Å². The van der Waals surface area contributed by atoms with Crippen molar-refractivity contribution < 1.29 is 13.9 Å². The number of hydrogen-bond acceptors (Lipinski definition) is 3. The van der Waals surface area contributed by atoms with E-state index in [1.54, 1.807) is 12.1 Å². The van der Waals surface area contributed by atoms with Gasteiger partial charge in [0.05, 0.1) is 19.7 Å². The van der Waals surface area contributed by atoms with Crippen molar-refractivity contribution in [1.82, 2.24) is 10.2 Å². The molecule has 0 saturated heterocycles. The van der Waals surface area contributed by atoms with Crippen molar-refractivity contribution in [3.05, 3.63) is 77.6 Å². The zero-order valence-electron chi connectivity index (χ0n) is 16.4. The Morgan fingerprint density at radius 3 is 2.64 bits per heavy atom. The van der Waals surface area contributed by atoms with Crippen LogP contribution < -0.4 is 10.1 Å². The summed E-state index contributed by atoms with van der Waals surface area (Å²) in [4.78, 5) is 14.3. The monoisotopic (exact) mass is 380 g/mol. The molecule has 0 unspecified atom stereocenters. The van der Waals surface area contributed by atoms with Crippen molar-refractivity contribution in [2.45, 2.75) is 19.5 Å². The van der Waals surface area contributed by atoms with Crippen LogP contribution in [0.3, 0.4) is 0 Å². The normalized spacial score (nSPS) is 12.2. The summed E-state index contributed by atoms with van der Waals surface area (Å²) in [5, 5.41) is 5.35. The number of nitrogens with zero attached hydrogens (tertiary/aromatic N) is 1. The van der Waals surface area contributed by atoms with Crippen molar-refractivity contribution in [3.63, 3.8) is 0 Å². The molecule has 0 heterocycles. The van der Waals surface area contributed by atoms with Gasteiger partial charge in [0.15, 0.2) is 11.6 Å². The molecule has 4 nitrogen and oxygen atoms in total. The van der Waals surface area contributed by atoms with E-state index in [1.165, 1.54) is 13.2 Å². The number of likely N-dealkylation sites (N-methyl/N-ethyl adjacent to an activating group) is 1. The van der Waals surface area contributed by atoms with Gasteiger partial charge in [0.25, 0.3) is 0 Å². The number of fused-ring (bicyclic) bond motifs is 1. The quantitative estimate of drug-likeness (QED) is 0.665. The minimum absolute atomic E-state index is 0.0723. The molecule has 3 aromatic rings. The third-order valence-electron chi connectivity index (χ3n) is 4.75. The Labute approximate surface area is 164 Å². The molecule has 1 amide bonds. The van der Waals surface area contributed by atoms with Crippen LogP contribution in [0, 0.1) is 5.82 Å². The van der Waals surface area contributed by atoms with E-state index in [0.717, 1.165) is 21.9 Å². The topological polar surface area (TPSA) is 41.6 Å². The van der Waals surface area contributed by atoms with E-state index < -0.39 is 5.82 Å². The summed E-state index contributed by atoms with van der Waals surface area (Å²) in [7, 11) is 3.27. The van der Waals surface area contributed by atoms with Gasteiger partial charge in [-0.15, -0.1) is 0 Å². The van der Waals surface area contributed by atoms with E-state index >= 15 is 0 Å². The van der Waals surface area contributed by atoms with Crippen LogP contribution in [0.1, 0.15) is 24.1 Å². The summed E-state index contributed by atoms with van der Waals surface area (Å²) in [5.41, 5.74) is 1.88. The first-order valence-electron chi connectivity index (χ1n) is 9.26. The first kappa shape index (κ1) is 19.8.